The van der Waals surface area contributed by atoms with Gasteiger partial charge in [0.15, 0.2) is 0 Å². The van der Waals surface area contributed by atoms with Gasteiger partial charge in [0.25, 0.3) is 6.43 Å². The largest absolute Gasteiger partial charge is 0.374 e. The summed E-state index contributed by atoms with van der Waals surface area (Å²) in [5.41, 5.74) is 0.837. The van der Waals surface area contributed by atoms with E-state index in [0.717, 1.165) is 5.56 Å². The zero-order valence-corrected chi connectivity index (χ0v) is 11.9. The minimum Gasteiger partial charge on any atom is -0.374 e. The van der Waals surface area contributed by atoms with Crippen LogP contribution in [-0.2, 0) is 21.3 Å². The van der Waals surface area contributed by atoms with Crippen molar-refractivity contribution in [1.82, 2.24) is 10.0 Å². The minimum absolute atomic E-state index is 0.0503. The summed E-state index contributed by atoms with van der Waals surface area (Å²) >= 11 is 0. The van der Waals surface area contributed by atoms with Crippen molar-refractivity contribution in [3.63, 3.8) is 0 Å². The zero-order chi connectivity index (χ0) is 15.0. The molecule has 0 radical (unpaired) electrons. The molecule has 114 valence electrons. The quantitative estimate of drug-likeness (QED) is 0.667. The summed E-state index contributed by atoms with van der Waals surface area (Å²) in [6.07, 6.45) is -2.55. The highest BCUT2D eigenvalue weighted by Crippen LogP contribution is 2.11. The molecule has 0 amide bonds. The average Bonchev–Trinajstić information content (AvgIpc) is 2.38. The molecule has 5 nitrogen and oxygen atoms in total. The number of hydrogen-bond donors (Lipinski definition) is 2. The van der Waals surface area contributed by atoms with Crippen molar-refractivity contribution in [1.29, 1.82) is 0 Å². The highest BCUT2D eigenvalue weighted by Gasteiger charge is 2.13. The maximum atomic E-state index is 12.0. The third-order valence-electron chi connectivity index (χ3n) is 2.37. The van der Waals surface area contributed by atoms with Crippen LogP contribution in [0.25, 0.3) is 0 Å². The Balaban J connectivity index is 2.53. The summed E-state index contributed by atoms with van der Waals surface area (Å²) in [5.74, 6) is 0. The number of nitrogens with one attached hydrogen (secondary N) is 2. The molecule has 2 N–H and O–H groups in total. The lowest BCUT2D eigenvalue weighted by molar-refractivity contribution is 0.0199. The van der Waals surface area contributed by atoms with Crippen molar-refractivity contribution < 1.29 is 21.9 Å². The van der Waals surface area contributed by atoms with Crippen LogP contribution in [-0.4, -0.2) is 41.6 Å². The van der Waals surface area contributed by atoms with Gasteiger partial charge in [-0.3, -0.25) is 0 Å². The number of sulfonamides is 1. The summed E-state index contributed by atoms with van der Waals surface area (Å²) in [7, 11) is -1.88. The van der Waals surface area contributed by atoms with Gasteiger partial charge >= 0.3 is 0 Å². The molecule has 0 fully saturated rings. The Morgan fingerprint density at radius 3 is 2.75 bits per heavy atom. The van der Waals surface area contributed by atoms with Crippen molar-refractivity contribution >= 4 is 10.0 Å². The van der Waals surface area contributed by atoms with Gasteiger partial charge in [-0.2, -0.15) is 0 Å². The first-order valence-electron chi connectivity index (χ1n) is 6.05. The smallest absolute Gasteiger partial charge is 0.261 e. The van der Waals surface area contributed by atoms with Crippen molar-refractivity contribution in [3.8, 4) is 0 Å². The highest BCUT2D eigenvalue weighted by molar-refractivity contribution is 7.89. The van der Waals surface area contributed by atoms with Gasteiger partial charge in [0.1, 0.15) is 6.61 Å². The number of benzene rings is 1. The monoisotopic (exact) mass is 308 g/mol. The molecule has 1 rings (SSSR count). The van der Waals surface area contributed by atoms with Gasteiger partial charge < -0.3 is 10.1 Å². The van der Waals surface area contributed by atoms with Crippen LogP contribution in [0, 0.1) is 0 Å². The number of rotatable bonds is 9. The van der Waals surface area contributed by atoms with Crippen LogP contribution >= 0.6 is 0 Å². The van der Waals surface area contributed by atoms with Crippen LogP contribution in [0.4, 0.5) is 8.78 Å². The molecule has 0 aliphatic rings. The molecule has 0 saturated carbocycles. The van der Waals surface area contributed by atoms with Crippen LogP contribution in [0.2, 0.25) is 0 Å². The fourth-order valence-corrected chi connectivity index (χ4v) is 2.61. The average molecular weight is 308 g/mol. The van der Waals surface area contributed by atoms with Gasteiger partial charge in [-0.15, -0.1) is 0 Å². The normalized spacial score (nSPS) is 12.0. The van der Waals surface area contributed by atoms with Gasteiger partial charge in [-0.1, -0.05) is 12.1 Å². The van der Waals surface area contributed by atoms with E-state index in [2.05, 4.69) is 14.8 Å². The van der Waals surface area contributed by atoms with Crippen LogP contribution in [0.15, 0.2) is 29.2 Å². The van der Waals surface area contributed by atoms with Gasteiger partial charge in [0.05, 0.1) is 11.5 Å². The lowest BCUT2D eigenvalue weighted by atomic mass is 10.2. The maximum Gasteiger partial charge on any atom is 0.261 e. The van der Waals surface area contributed by atoms with E-state index < -0.39 is 23.1 Å². The fourth-order valence-electron chi connectivity index (χ4n) is 1.53. The molecule has 0 aliphatic heterocycles. The molecule has 0 unspecified atom stereocenters. The second-order valence-electron chi connectivity index (χ2n) is 4.04. The van der Waals surface area contributed by atoms with Crippen molar-refractivity contribution in [2.24, 2.45) is 0 Å². The van der Waals surface area contributed by atoms with Gasteiger partial charge in [0, 0.05) is 13.1 Å². The molecule has 0 atom stereocenters. The molecule has 0 aromatic heterocycles. The first kappa shape index (κ1) is 17.0. The lowest BCUT2D eigenvalue weighted by Crippen LogP contribution is -2.28. The predicted molar refractivity (Wildman–Crippen MR) is 71.2 cm³/mol. The SMILES string of the molecule is CNCc1cccc(S(=O)(=O)NCCOCC(F)F)c1. The van der Waals surface area contributed by atoms with Gasteiger partial charge in [-0.05, 0) is 24.7 Å². The molecular weight excluding hydrogens is 290 g/mol. The number of hydrogen-bond acceptors (Lipinski definition) is 4. The van der Waals surface area contributed by atoms with Crippen LogP contribution < -0.4 is 10.0 Å². The van der Waals surface area contributed by atoms with E-state index in [-0.39, 0.29) is 18.0 Å². The molecule has 0 aliphatic carbocycles. The summed E-state index contributed by atoms with van der Waals surface area (Å²) in [4.78, 5) is 0.138. The summed E-state index contributed by atoms with van der Waals surface area (Å²) in [6, 6.07) is 6.48. The molecule has 8 heteroatoms. The highest BCUT2D eigenvalue weighted by atomic mass is 32.2. The second kappa shape index (κ2) is 8.25. The zero-order valence-electron chi connectivity index (χ0n) is 11.1. The number of ether oxygens (including phenoxy) is 1. The van der Waals surface area contributed by atoms with Crippen molar-refractivity contribution in [2.45, 2.75) is 17.9 Å². The van der Waals surface area contributed by atoms with Gasteiger partial charge in [-0.25, -0.2) is 21.9 Å². The standard InChI is InChI=1S/C12H18F2N2O3S/c1-15-8-10-3-2-4-11(7-10)20(17,18)16-5-6-19-9-12(13)14/h2-4,7,12,15-16H,5-6,8-9H2,1H3. The van der Waals surface area contributed by atoms with Crippen LogP contribution in [0.3, 0.4) is 0 Å². The Hall–Kier alpha value is -1.09. The second-order valence-corrected chi connectivity index (χ2v) is 5.81. The molecule has 0 saturated heterocycles. The van der Waals surface area contributed by atoms with E-state index in [9.17, 15) is 17.2 Å². The summed E-state index contributed by atoms with van der Waals surface area (Å²) in [5, 5.41) is 2.93. The molecule has 20 heavy (non-hydrogen) atoms. The number of halogens is 2. The molecule has 0 bridgehead atoms. The van der Waals surface area contributed by atoms with Crippen molar-refractivity contribution in [3.05, 3.63) is 29.8 Å². The maximum absolute atomic E-state index is 12.0. The van der Waals surface area contributed by atoms with Gasteiger partial charge in [0.2, 0.25) is 10.0 Å². The Kier molecular flexibility index (Phi) is 7.00. The number of alkyl halides is 2. The van der Waals surface area contributed by atoms with E-state index >= 15 is 0 Å². The Bertz CT molecular complexity index is 509. The Labute approximate surface area is 117 Å². The minimum atomic E-state index is -3.65. The lowest BCUT2D eigenvalue weighted by Gasteiger charge is -2.08. The predicted octanol–water partition coefficient (Wildman–Crippen LogP) is 0.966. The van der Waals surface area contributed by atoms with E-state index in [1.165, 1.54) is 6.07 Å². The molecule has 0 heterocycles. The Morgan fingerprint density at radius 1 is 1.35 bits per heavy atom. The van der Waals surface area contributed by atoms with E-state index in [4.69, 9.17) is 0 Å². The third kappa shape index (κ3) is 5.91. The molecule has 1 aromatic carbocycles. The van der Waals surface area contributed by atoms with E-state index in [1.807, 2.05) is 0 Å². The van der Waals surface area contributed by atoms with E-state index in [0.29, 0.717) is 6.54 Å². The topological polar surface area (TPSA) is 67.4 Å². The van der Waals surface area contributed by atoms with Crippen molar-refractivity contribution in [2.75, 3.05) is 26.8 Å². The van der Waals surface area contributed by atoms with Crippen LogP contribution in [0.5, 0.6) is 0 Å². The molecular formula is C12H18F2N2O3S. The first-order valence-corrected chi connectivity index (χ1v) is 7.53. The summed E-state index contributed by atoms with van der Waals surface area (Å²) in [6.45, 7) is -0.286. The van der Waals surface area contributed by atoms with E-state index in [1.54, 1.807) is 25.2 Å². The third-order valence-corrected chi connectivity index (χ3v) is 3.83. The van der Waals surface area contributed by atoms with Crippen LogP contribution in [0.1, 0.15) is 5.56 Å². The molecule has 1 aromatic rings. The first-order chi connectivity index (χ1) is 9.45. The Morgan fingerprint density at radius 2 is 2.10 bits per heavy atom. The summed E-state index contributed by atoms with van der Waals surface area (Å²) < 4.78 is 54.4. The fraction of sp³-hybridized carbons (Fsp3) is 0.500. The molecule has 0 spiro atoms.